The van der Waals surface area contributed by atoms with Crippen molar-refractivity contribution in [1.29, 1.82) is 0 Å². The first-order valence-electron chi connectivity index (χ1n) is 11.5. The Kier molecular flexibility index (Phi) is 5.91. The SMILES string of the molecule is CC(C)n1cnc(N2C(=O)C(C)(Cc3cc(F)cc(F)c3)c3cc(-c4ccc(F)c(Cl)c4)ccc32)c1. The fourth-order valence-corrected chi connectivity index (χ4v) is 4.92. The van der Waals surface area contributed by atoms with Crippen molar-refractivity contribution < 1.29 is 18.0 Å². The molecule has 0 saturated carbocycles. The number of aromatic nitrogens is 2. The van der Waals surface area contributed by atoms with Gasteiger partial charge in [-0.1, -0.05) is 23.7 Å². The van der Waals surface area contributed by atoms with Gasteiger partial charge in [0, 0.05) is 18.3 Å². The van der Waals surface area contributed by atoms with Crippen LogP contribution in [-0.2, 0) is 16.6 Å². The average molecular weight is 510 g/mol. The fourth-order valence-electron chi connectivity index (χ4n) is 4.74. The first kappa shape index (κ1) is 24.1. The Morgan fingerprint density at radius 3 is 2.28 bits per heavy atom. The molecule has 1 amide bonds. The average Bonchev–Trinajstić information content (AvgIpc) is 3.37. The molecular formula is C28H23ClF3N3O. The summed E-state index contributed by atoms with van der Waals surface area (Å²) < 4.78 is 43.7. The molecule has 0 bridgehead atoms. The summed E-state index contributed by atoms with van der Waals surface area (Å²) in [7, 11) is 0. The van der Waals surface area contributed by atoms with Crippen molar-refractivity contribution in [2.45, 2.75) is 38.6 Å². The Balaban J connectivity index is 1.67. The predicted molar refractivity (Wildman–Crippen MR) is 134 cm³/mol. The molecule has 0 radical (unpaired) electrons. The summed E-state index contributed by atoms with van der Waals surface area (Å²) in [6.07, 6.45) is 3.54. The zero-order valence-electron chi connectivity index (χ0n) is 19.9. The summed E-state index contributed by atoms with van der Waals surface area (Å²) in [5, 5.41) is -0.0112. The molecule has 0 saturated heterocycles. The second-order valence-corrected chi connectivity index (χ2v) is 9.97. The highest BCUT2D eigenvalue weighted by atomic mass is 35.5. The zero-order chi connectivity index (χ0) is 25.8. The molecule has 1 unspecified atom stereocenters. The van der Waals surface area contributed by atoms with Gasteiger partial charge in [0.15, 0.2) is 5.82 Å². The summed E-state index contributed by atoms with van der Waals surface area (Å²) >= 11 is 6.01. The lowest BCUT2D eigenvalue weighted by molar-refractivity contribution is -0.122. The molecule has 1 aromatic heterocycles. The van der Waals surface area contributed by atoms with E-state index in [1.165, 1.54) is 24.3 Å². The van der Waals surface area contributed by atoms with Crippen molar-refractivity contribution in [1.82, 2.24) is 9.55 Å². The lowest BCUT2D eigenvalue weighted by Gasteiger charge is -2.24. The molecule has 0 spiro atoms. The topological polar surface area (TPSA) is 38.1 Å². The van der Waals surface area contributed by atoms with Crippen molar-refractivity contribution in [2.24, 2.45) is 0 Å². The molecule has 0 N–H and O–H groups in total. The van der Waals surface area contributed by atoms with E-state index in [9.17, 15) is 18.0 Å². The summed E-state index contributed by atoms with van der Waals surface area (Å²) in [6, 6.07) is 13.3. The Hall–Kier alpha value is -3.58. The standard InChI is InChI=1S/C28H23ClF3N3O/c1-16(2)34-14-26(33-15-34)35-25-7-5-18(19-4-6-24(32)23(29)11-19)10-22(25)28(3,27(35)36)13-17-8-20(30)12-21(31)9-17/h4-12,14-16H,13H2,1-3H3. The first-order chi connectivity index (χ1) is 17.1. The van der Waals surface area contributed by atoms with Crippen molar-refractivity contribution >= 4 is 29.0 Å². The predicted octanol–water partition coefficient (Wildman–Crippen LogP) is 7.38. The molecule has 184 valence electrons. The monoisotopic (exact) mass is 509 g/mol. The molecule has 36 heavy (non-hydrogen) atoms. The maximum Gasteiger partial charge on any atom is 0.243 e. The quantitative estimate of drug-likeness (QED) is 0.281. The Bertz CT molecular complexity index is 1480. The molecule has 1 atom stereocenters. The van der Waals surface area contributed by atoms with Gasteiger partial charge in [0.25, 0.3) is 0 Å². The van der Waals surface area contributed by atoms with Crippen LogP contribution in [0, 0.1) is 17.5 Å². The number of imidazole rings is 1. The van der Waals surface area contributed by atoms with Gasteiger partial charge < -0.3 is 4.57 Å². The molecular weight excluding hydrogens is 487 g/mol. The number of carbonyl (C=O) groups is 1. The zero-order valence-corrected chi connectivity index (χ0v) is 20.7. The highest BCUT2D eigenvalue weighted by Gasteiger charge is 2.49. The highest BCUT2D eigenvalue weighted by Crippen LogP contribution is 2.48. The van der Waals surface area contributed by atoms with E-state index in [0.29, 0.717) is 28.2 Å². The molecule has 0 fully saturated rings. The van der Waals surface area contributed by atoms with E-state index in [1.807, 2.05) is 36.6 Å². The van der Waals surface area contributed by atoms with Crippen molar-refractivity contribution in [3.05, 3.63) is 101 Å². The third-order valence-corrected chi connectivity index (χ3v) is 6.94. The Morgan fingerprint density at radius 2 is 1.64 bits per heavy atom. The van der Waals surface area contributed by atoms with Crippen LogP contribution in [0.5, 0.6) is 0 Å². The fraction of sp³-hybridized carbons (Fsp3) is 0.214. The van der Waals surface area contributed by atoms with Gasteiger partial charge in [-0.25, -0.2) is 18.2 Å². The molecule has 5 rings (SSSR count). The number of carbonyl (C=O) groups excluding carboxylic acids is 1. The van der Waals surface area contributed by atoms with Crippen LogP contribution < -0.4 is 4.90 Å². The summed E-state index contributed by atoms with van der Waals surface area (Å²) in [6.45, 7) is 5.78. The number of anilines is 2. The van der Waals surface area contributed by atoms with E-state index < -0.39 is 22.9 Å². The van der Waals surface area contributed by atoms with Crippen LogP contribution in [0.3, 0.4) is 0 Å². The van der Waals surface area contributed by atoms with E-state index >= 15 is 0 Å². The highest BCUT2D eigenvalue weighted by molar-refractivity contribution is 6.31. The van der Waals surface area contributed by atoms with Gasteiger partial charge in [0.1, 0.15) is 17.5 Å². The van der Waals surface area contributed by atoms with Crippen LogP contribution in [0.2, 0.25) is 5.02 Å². The van der Waals surface area contributed by atoms with Crippen molar-refractivity contribution in [2.75, 3.05) is 4.90 Å². The number of rotatable bonds is 5. The minimum atomic E-state index is -1.14. The Labute approximate surface area is 212 Å². The van der Waals surface area contributed by atoms with Gasteiger partial charge >= 0.3 is 0 Å². The second kappa shape index (κ2) is 8.82. The molecule has 1 aliphatic heterocycles. The van der Waals surface area contributed by atoms with Gasteiger partial charge in [-0.15, -0.1) is 0 Å². The third-order valence-electron chi connectivity index (χ3n) is 6.65. The summed E-state index contributed by atoms with van der Waals surface area (Å²) in [5.41, 5.74) is 1.93. The van der Waals surface area contributed by atoms with Crippen molar-refractivity contribution in [3.8, 4) is 11.1 Å². The van der Waals surface area contributed by atoms with Crippen LogP contribution in [0.4, 0.5) is 24.7 Å². The van der Waals surface area contributed by atoms with Crippen molar-refractivity contribution in [3.63, 3.8) is 0 Å². The lowest BCUT2D eigenvalue weighted by Crippen LogP contribution is -2.37. The summed E-state index contributed by atoms with van der Waals surface area (Å²) in [5.74, 6) is -1.74. The number of nitrogens with zero attached hydrogens (tertiary/aromatic N) is 3. The van der Waals surface area contributed by atoms with Gasteiger partial charge in [0.2, 0.25) is 5.91 Å². The molecule has 4 aromatic rings. The minimum absolute atomic E-state index is 0.0112. The first-order valence-corrected chi connectivity index (χ1v) is 11.9. The van der Waals surface area contributed by atoms with E-state index in [0.717, 1.165) is 11.6 Å². The normalized spacial score (nSPS) is 17.2. The smallest absolute Gasteiger partial charge is 0.243 e. The second-order valence-electron chi connectivity index (χ2n) is 9.56. The number of halogens is 4. The van der Waals surface area contributed by atoms with Crippen LogP contribution >= 0.6 is 11.6 Å². The number of fused-ring (bicyclic) bond motifs is 1. The van der Waals surface area contributed by atoms with Gasteiger partial charge in [-0.05, 0) is 85.8 Å². The van der Waals surface area contributed by atoms with Crippen LogP contribution in [0.15, 0.2) is 67.1 Å². The van der Waals surface area contributed by atoms with Gasteiger partial charge in [0.05, 0.1) is 22.5 Å². The Morgan fingerprint density at radius 1 is 0.972 bits per heavy atom. The summed E-state index contributed by atoms with van der Waals surface area (Å²) in [4.78, 5) is 20.0. The maximum absolute atomic E-state index is 14.0. The van der Waals surface area contributed by atoms with Gasteiger partial charge in [-0.3, -0.25) is 9.69 Å². The van der Waals surface area contributed by atoms with Gasteiger partial charge in [-0.2, -0.15) is 0 Å². The van der Waals surface area contributed by atoms with E-state index in [4.69, 9.17) is 11.6 Å². The largest absolute Gasteiger partial charge is 0.333 e. The van der Waals surface area contributed by atoms with E-state index in [-0.39, 0.29) is 23.4 Å². The van der Waals surface area contributed by atoms with E-state index in [2.05, 4.69) is 4.98 Å². The maximum atomic E-state index is 14.0. The number of benzene rings is 3. The molecule has 3 aromatic carbocycles. The number of amides is 1. The number of hydrogen-bond donors (Lipinski definition) is 0. The molecule has 2 heterocycles. The molecule has 0 aliphatic carbocycles. The molecule has 4 nitrogen and oxygen atoms in total. The van der Waals surface area contributed by atoms with Crippen LogP contribution in [0.25, 0.3) is 11.1 Å². The van der Waals surface area contributed by atoms with Crippen LogP contribution in [-0.4, -0.2) is 15.5 Å². The number of hydrogen-bond acceptors (Lipinski definition) is 2. The lowest BCUT2D eigenvalue weighted by atomic mass is 9.77. The van der Waals surface area contributed by atoms with E-state index in [1.54, 1.807) is 30.4 Å². The molecule has 8 heteroatoms. The minimum Gasteiger partial charge on any atom is -0.333 e. The van der Waals surface area contributed by atoms with Crippen LogP contribution in [0.1, 0.15) is 37.9 Å². The third kappa shape index (κ3) is 4.07. The molecule has 1 aliphatic rings.